The molecule has 5 rings (SSSR count). The van der Waals surface area contributed by atoms with Gasteiger partial charge in [0.25, 0.3) is 5.56 Å². The first-order valence-electron chi connectivity index (χ1n) is 11.7. The molecule has 0 bridgehead atoms. The van der Waals surface area contributed by atoms with E-state index in [0.29, 0.717) is 41.5 Å². The summed E-state index contributed by atoms with van der Waals surface area (Å²) in [5.41, 5.74) is 3.49. The van der Waals surface area contributed by atoms with E-state index in [1.54, 1.807) is 15.4 Å². The van der Waals surface area contributed by atoms with E-state index in [2.05, 4.69) is 16.5 Å². The van der Waals surface area contributed by atoms with Crippen LogP contribution < -0.4 is 10.9 Å². The predicted molar refractivity (Wildman–Crippen MR) is 130 cm³/mol. The number of thioether (sulfide) groups is 1. The minimum absolute atomic E-state index is 0.0934. The van der Waals surface area contributed by atoms with Gasteiger partial charge in [-0.25, -0.2) is 9.67 Å². The third-order valence-electron chi connectivity index (χ3n) is 6.47. The molecule has 10 heteroatoms. The van der Waals surface area contributed by atoms with Gasteiger partial charge in [0.2, 0.25) is 11.8 Å². The van der Waals surface area contributed by atoms with Crippen LogP contribution in [0.3, 0.4) is 0 Å². The summed E-state index contributed by atoms with van der Waals surface area (Å²) < 4.78 is 3.36. The van der Waals surface area contributed by atoms with Gasteiger partial charge in [0, 0.05) is 38.2 Å². The Bertz CT molecular complexity index is 1330. The van der Waals surface area contributed by atoms with E-state index in [1.165, 1.54) is 11.8 Å². The van der Waals surface area contributed by atoms with Crippen molar-refractivity contribution in [3.8, 4) is 5.69 Å². The van der Waals surface area contributed by atoms with E-state index in [-0.39, 0.29) is 29.8 Å². The number of hydrogen-bond donors (Lipinski definition) is 1. The lowest BCUT2D eigenvalue weighted by Gasteiger charge is -2.16. The van der Waals surface area contributed by atoms with Gasteiger partial charge in [0.05, 0.1) is 17.9 Å². The maximum atomic E-state index is 13.3. The van der Waals surface area contributed by atoms with Crippen molar-refractivity contribution in [2.24, 2.45) is 0 Å². The average molecular weight is 481 g/mol. The molecule has 1 unspecified atom stereocenters. The zero-order valence-electron chi connectivity index (χ0n) is 19.4. The molecule has 1 aromatic carbocycles. The van der Waals surface area contributed by atoms with Gasteiger partial charge in [0.1, 0.15) is 5.39 Å². The molecule has 178 valence electrons. The summed E-state index contributed by atoms with van der Waals surface area (Å²) >= 11 is 1.49. The van der Waals surface area contributed by atoms with Crippen molar-refractivity contribution in [1.29, 1.82) is 0 Å². The number of nitrogens with zero attached hydrogens (tertiary/aromatic N) is 5. The van der Waals surface area contributed by atoms with E-state index < -0.39 is 0 Å². The first kappa shape index (κ1) is 22.6. The Morgan fingerprint density at radius 3 is 2.88 bits per heavy atom. The molecule has 0 radical (unpaired) electrons. The summed E-state index contributed by atoms with van der Waals surface area (Å²) in [7, 11) is 0. The highest BCUT2D eigenvalue weighted by atomic mass is 32.2. The van der Waals surface area contributed by atoms with Gasteiger partial charge < -0.3 is 10.2 Å². The van der Waals surface area contributed by atoms with Gasteiger partial charge in [-0.2, -0.15) is 5.10 Å². The van der Waals surface area contributed by atoms with Crippen molar-refractivity contribution < 1.29 is 9.59 Å². The van der Waals surface area contributed by atoms with Crippen molar-refractivity contribution in [2.45, 2.75) is 50.7 Å². The van der Waals surface area contributed by atoms with E-state index in [9.17, 15) is 14.4 Å². The average Bonchev–Trinajstić information content (AvgIpc) is 3.51. The largest absolute Gasteiger partial charge is 0.356 e. The summed E-state index contributed by atoms with van der Waals surface area (Å²) in [6.07, 6.45) is 4.07. The van der Waals surface area contributed by atoms with Gasteiger partial charge in [-0.05, 0) is 38.3 Å². The first-order chi connectivity index (χ1) is 16.4. The molecule has 2 amide bonds. The lowest BCUT2D eigenvalue weighted by atomic mass is 10.1. The fourth-order valence-electron chi connectivity index (χ4n) is 4.72. The standard InChI is InChI=1S/C24H28N6O3S/c1-15-6-7-19(16(2)11-15)30-22-18(13-26-30)23(33)29-17(14-34-24(29)27-22)12-20(31)25-8-4-10-28-9-3-5-21(28)32/h6-7,11,13,17H,3-5,8-10,12,14H2,1-2H3,(H,25,31). The number of carbonyl (C=O) groups is 2. The van der Waals surface area contributed by atoms with Crippen molar-refractivity contribution in [3.63, 3.8) is 0 Å². The second-order valence-corrected chi connectivity index (χ2v) is 10.00. The Morgan fingerprint density at radius 1 is 1.26 bits per heavy atom. The Morgan fingerprint density at radius 2 is 2.12 bits per heavy atom. The lowest BCUT2D eigenvalue weighted by molar-refractivity contribution is -0.127. The highest BCUT2D eigenvalue weighted by Crippen LogP contribution is 2.33. The molecule has 2 aliphatic heterocycles. The second kappa shape index (κ2) is 9.25. The molecule has 2 aromatic heterocycles. The third kappa shape index (κ3) is 4.22. The fraction of sp³-hybridized carbons (Fsp3) is 0.458. The Hall–Kier alpha value is -3.14. The zero-order valence-corrected chi connectivity index (χ0v) is 20.2. The number of likely N-dealkylation sites (tertiary alicyclic amines) is 1. The molecule has 1 atom stereocenters. The van der Waals surface area contributed by atoms with Crippen LogP contribution in [0.2, 0.25) is 0 Å². The molecule has 2 aliphatic rings. The number of aryl methyl sites for hydroxylation is 2. The van der Waals surface area contributed by atoms with Crippen LogP contribution in [0.5, 0.6) is 0 Å². The lowest BCUT2D eigenvalue weighted by Crippen LogP contribution is -2.33. The number of amides is 2. The summed E-state index contributed by atoms with van der Waals surface area (Å²) in [4.78, 5) is 44.2. The van der Waals surface area contributed by atoms with Gasteiger partial charge in [-0.1, -0.05) is 29.5 Å². The molecular formula is C24H28N6O3S. The van der Waals surface area contributed by atoms with E-state index in [0.717, 1.165) is 36.2 Å². The minimum atomic E-state index is -0.242. The van der Waals surface area contributed by atoms with Crippen molar-refractivity contribution in [1.82, 2.24) is 29.5 Å². The minimum Gasteiger partial charge on any atom is -0.356 e. The van der Waals surface area contributed by atoms with Crippen molar-refractivity contribution in [2.75, 3.05) is 25.4 Å². The van der Waals surface area contributed by atoms with E-state index in [4.69, 9.17) is 4.98 Å². The topological polar surface area (TPSA) is 102 Å². The number of rotatable bonds is 7. The molecule has 3 aromatic rings. The third-order valence-corrected chi connectivity index (χ3v) is 7.57. The molecule has 0 aliphatic carbocycles. The summed E-state index contributed by atoms with van der Waals surface area (Å²) in [6.45, 7) is 6.06. The van der Waals surface area contributed by atoms with Gasteiger partial charge in [-0.3, -0.25) is 19.0 Å². The van der Waals surface area contributed by atoms with Crippen LogP contribution in [-0.2, 0) is 9.59 Å². The smallest absolute Gasteiger partial charge is 0.265 e. The van der Waals surface area contributed by atoms with Gasteiger partial charge >= 0.3 is 0 Å². The zero-order chi connectivity index (χ0) is 23.8. The van der Waals surface area contributed by atoms with Crippen LogP contribution in [0, 0.1) is 13.8 Å². The number of hydrogen-bond acceptors (Lipinski definition) is 6. The van der Waals surface area contributed by atoms with Crippen molar-refractivity contribution in [3.05, 3.63) is 45.9 Å². The number of fused-ring (bicyclic) bond motifs is 2. The molecule has 1 saturated heterocycles. The molecule has 1 fully saturated rings. The molecule has 1 N–H and O–H groups in total. The number of nitrogens with one attached hydrogen (secondary N) is 1. The maximum Gasteiger partial charge on any atom is 0.265 e. The van der Waals surface area contributed by atoms with Crippen LogP contribution in [0.25, 0.3) is 16.7 Å². The quantitative estimate of drug-likeness (QED) is 0.412. The van der Waals surface area contributed by atoms with Crippen LogP contribution in [0.4, 0.5) is 0 Å². The van der Waals surface area contributed by atoms with Crippen LogP contribution in [-0.4, -0.2) is 61.4 Å². The van der Waals surface area contributed by atoms with Gasteiger partial charge in [0.15, 0.2) is 10.8 Å². The Labute approximate surface area is 201 Å². The SMILES string of the molecule is Cc1ccc(-n2ncc3c(=O)n4c(nc32)SCC4CC(=O)NCCCN2CCCC2=O)c(C)c1. The highest BCUT2D eigenvalue weighted by molar-refractivity contribution is 7.99. The fourth-order valence-corrected chi connectivity index (χ4v) is 5.85. The Balaban J connectivity index is 1.29. The maximum absolute atomic E-state index is 13.3. The van der Waals surface area contributed by atoms with Crippen molar-refractivity contribution >= 4 is 34.6 Å². The molecule has 4 heterocycles. The molecule has 34 heavy (non-hydrogen) atoms. The number of aromatic nitrogens is 4. The number of carbonyl (C=O) groups excluding carboxylic acids is 2. The normalized spacial score (nSPS) is 17.5. The van der Waals surface area contributed by atoms with Crippen LogP contribution >= 0.6 is 11.8 Å². The Kier molecular flexibility index (Phi) is 6.16. The van der Waals surface area contributed by atoms with Crippen LogP contribution in [0.1, 0.15) is 42.9 Å². The van der Waals surface area contributed by atoms with E-state index in [1.807, 2.05) is 30.9 Å². The monoisotopic (exact) mass is 480 g/mol. The highest BCUT2D eigenvalue weighted by Gasteiger charge is 2.29. The second-order valence-electron chi connectivity index (χ2n) is 9.01. The molecular weight excluding hydrogens is 452 g/mol. The first-order valence-corrected chi connectivity index (χ1v) is 12.7. The summed E-state index contributed by atoms with van der Waals surface area (Å²) in [5, 5.41) is 8.46. The van der Waals surface area contributed by atoms with E-state index >= 15 is 0 Å². The molecule has 0 saturated carbocycles. The number of benzene rings is 1. The molecule has 9 nitrogen and oxygen atoms in total. The molecule has 0 spiro atoms. The predicted octanol–water partition coefficient (Wildman–Crippen LogP) is 2.36. The summed E-state index contributed by atoms with van der Waals surface area (Å²) in [6, 6.07) is 5.84. The van der Waals surface area contributed by atoms with Gasteiger partial charge in [-0.15, -0.1) is 0 Å². The van der Waals surface area contributed by atoms with Crippen LogP contribution in [0.15, 0.2) is 34.3 Å². The summed E-state index contributed by atoms with van der Waals surface area (Å²) in [5.74, 6) is 0.732.